The van der Waals surface area contributed by atoms with Crippen LogP contribution in [0.2, 0.25) is 0 Å². The highest BCUT2D eigenvalue weighted by Gasteiger charge is 2.24. The molecule has 1 aliphatic rings. The molecule has 0 N–H and O–H groups in total. The first kappa shape index (κ1) is 17.0. The molecule has 3 rings (SSSR count). The van der Waals surface area contributed by atoms with Crippen LogP contribution in [-0.2, 0) is 10.5 Å². The highest BCUT2D eigenvalue weighted by atomic mass is 32.2. The minimum Gasteiger partial charge on any atom is -0.381 e. The third kappa shape index (κ3) is 3.99. The first-order chi connectivity index (χ1) is 11.7. The Morgan fingerprint density at radius 3 is 2.79 bits per heavy atom. The summed E-state index contributed by atoms with van der Waals surface area (Å²) in [5, 5.41) is 3.90. The third-order valence-corrected chi connectivity index (χ3v) is 5.32. The summed E-state index contributed by atoms with van der Waals surface area (Å²) in [6.07, 6.45) is 2.07. The molecular weight excluding hydrogens is 324 g/mol. The van der Waals surface area contributed by atoms with E-state index >= 15 is 0 Å². The van der Waals surface area contributed by atoms with E-state index in [0.29, 0.717) is 5.75 Å². The number of carbonyl (C=O) groups is 1. The van der Waals surface area contributed by atoms with Crippen molar-refractivity contribution in [2.24, 2.45) is 0 Å². The number of thioether (sulfide) groups is 1. The van der Waals surface area contributed by atoms with E-state index < -0.39 is 0 Å². The number of hydrogen-bond acceptors (Lipinski definition) is 5. The number of hydrogen-bond donors (Lipinski definition) is 0. The van der Waals surface area contributed by atoms with Crippen LogP contribution in [0.1, 0.15) is 34.7 Å². The molecule has 1 aliphatic heterocycles. The number of methoxy groups -OCH3 is 1. The van der Waals surface area contributed by atoms with E-state index in [0.717, 1.165) is 47.8 Å². The van der Waals surface area contributed by atoms with E-state index in [1.807, 2.05) is 42.2 Å². The molecule has 0 spiro atoms. The highest BCUT2D eigenvalue weighted by Crippen LogP contribution is 2.28. The van der Waals surface area contributed by atoms with Gasteiger partial charge in [0.2, 0.25) is 0 Å². The van der Waals surface area contributed by atoms with Gasteiger partial charge in [-0.05, 0) is 31.9 Å². The normalized spacial score (nSPS) is 15.7. The number of ether oxygens (including phenoxy) is 1. The smallest absolute Gasteiger partial charge is 0.254 e. The lowest BCUT2D eigenvalue weighted by molar-refractivity contribution is 0.0349. The summed E-state index contributed by atoms with van der Waals surface area (Å²) in [4.78, 5) is 15.8. The molecule has 1 amide bonds. The van der Waals surface area contributed by atoms with Crippen molar-refractivity contribution in [3.05, 3.63) is 47.3 Å². The van der Waals surface area contributed by atoms with Crippen LogP contribution >= 0.6 is 11.8 Å². The van der Waals surface area contributed by atoms with Gasteiger partial charge in [0, 0.05) is 31.2 Å². The van der Waals surface area contributed by atoms with E-state index in [2.05, 4.69) is 5.16 Å². The van der Waals surface area contributed by atoms with Crippen LogP contribution in [0.5, 0.6) is 0 Å². The van der Waals surface area contributed by atoms with Gasteiger partial charge in [0.05, 0.1) is 23.1 Å². The first-order valence-electron chi connectivity index (χ1n) is 8.13. The van der Waals surface area contributed by atoms with Gasteiger partial charge in [0.1, 0.15) is 5.76 Å². The second-order valence-electron chi connectivity index (χ2n) is 5.95. The fourth-order valence-electron chi connectivity index (χ4n) is 2.87. The van der Waals surface area contributed by atoms with Crippen molar-refractivity contribution in [3.8, 4) is 0 Å². The molecule has 0 atom stereocenters. The van der Waals surface area contributed by atoms with Crippen molar-refractivity contribution < 1.29 is 14.1 Å². The molecule has 0 radical (unpaired) electrons. The van der Waals surface area contributed by atoms with Crippen LogP contribution in [0, 0.1) is 6.92 Å². The van der Waals surface area contributed by atoms with Gasteiger partial charge in [-0.3, -0.25) is 4.79 Å². The van der Waals surface area contributed by atoms with Crippen molar-refractivity contribution >= 4 is 17.7 Å². The number of nitrogens with zero attached hydrogens (tertiary/aromatic N) is 2. The van der Waals surface area contributed by atoms with Crippen LogP contribution in [0.25, 0.3) is 0 Å². The predicted molar refractivity (Wildman–Crippen MR) is 93.2 cm³/mol. The van der Waals surface area contributed by atoms with Crippen molar-refractivity contribution in [1.82, 2.24) is 10.1 Å². The van der Waals surface area contributed by atoms with Gasteiger partial charge in [-0.25, -0.2) is 0 Å². The number of rotatable bonds is 5. The Hall–Kier alpha value is -1.79. The maximum absolute atomic E-state index is 12.9. The minimum absolute atomic E-state index is 0.0985. The molecule has 6 heteroatoms. The average Bonchev–Trinajstić information content (AvgIpc) is 3.05. The molecule has 128 valence electrons. The first-order valence-corrected chi connectivity index (χ1v) is 9.12. The zero-order chi connectivity index (χ0) is 16.9. The lowest BCUT2D eigenvalue weighted by atomic mass is 10.1. The van der Waals surface area contributed by atoms with E-state index in [-0.39, 0.29) is 12.0 Å². The number of amides is 1. The van der Waals surface area contributed by atoms with Crippen molar-refractivity contribution in [3.63, 3.8) is 0 Å². The SMILES string of the molecule is COC1CCN(C(=O)c2ccccc2SCc2cc(C)no2)CC1. The molecule has 1 saturated heterocycles. The Balaban J connectivity index is 1.68. The number of aromatic nitrogens is 1. The molecule has 24 heavy (non-hydrogen) atoms. The number of likely N-dealkylation sites (tertiary alicyclic amines) is 1. The van der Waals surface area contributed by atoms with Gasteiger partial charge in [-0.15, -0.1) is 11.8 Å². The van der Waals surface area contributed by atoms with Crippen LogP contribution in [0.3, 0.4) is 0 Å². The fraction of sp³-hybridized carbons (Fsp3) is 0.444. The number of benzene rings is 1. The van der Waals surface area contributed by atoms with Crippen LogP contribution in [0.15, 0.2) is 39.8 Å². The Bertz CT molecular complexity index is 693. The van der Waals surface area contributed by atoms with E-state index in [1.165, 1.54) is 0 Å². The Morgan fingerprint density at radius 2 is 2.12 bits per heavy atom. The predicted octanol–water partition coefficient (Wildman–Crippen LogP) is 3.53. The van der Waals surface area contributed by atoms with E-state index in [9.17, 15) is 4.79 Å². The number of piperidine rings is 1. The summed E-state index contributed by atoms with van der Waals surface area (Å²) < 4.78 is 10.6. The second-order valence-corrected chi connectivity index (χ2v) is 6.96. The zero-order valence-corrected chi connectivity index (χ0v) is 14.8. The summed E-state index contributed by atoms with van der Waals surface area (Å²) in [7, 11) is 1.74. The molecular formula is C18H22N2O3S. The summed E-state index contributed by atoms with van der Waals surface area (Å²) in [5.41, 5.74) is 1.63. The maximum Gasteiger partial charge on any atom is 0.254 e. The van der Waals surface area contributed by atoms with Gasteiger partial charge in [0.15, 0.2) is 0 Å². The van der Waals surface area contributed by atoms with Gasteiger partial charge in [-0.1, -0.05) is 17.3 Å². The minimum atomic E-state index is 0.0985. The number of aryl methyl sites for hydroxylation is 1. The Morgan fingerprint density at radius 1 is 1.38 bits per heavy atom. The van der Waals surface area contributed by atoms with Gasteiger partial charge in [0.25, 0.3) is 5.91 Å². The lowest BCUT2D eigenvalue weighted by Crippen LogP contribution is -2.40. The molecule has 0 unspecified atom stereocenters. The summed E-state index contributed by atoms with van der Waals surface area (Å²) in [6.45, 7) is 3.40. The van der Waals surface area contributed by atoms with Crippen LogP contribution < -0.4 is 0 Å². The number of carbonyl (C=O) groups excluding carboxylic acids is 1. The van der Waals surface area contributed by atoms with Gasteiger partial charge >= 0.3 is 0 Å². The van der Waals surface area contributed by atoms with E-state index in [1.54, 1.807) is 18.9 Å². The van der Waals surface area contributed by atoms with Crippen LogP contribution in [-0.4, -0.2) is 42.3 Å². The molecule has 1 aromatic heterocycles. The van der Waals surface area contributed by atoms with Gasteiger partial charge < -0.3 is 14.2 Å². The molecule has 1 fully saturated rings. The van der Waals surface area contributed by atoms with Gasteiger partial charge in [-0.2, -0.15) is 0 Å². The molecule has 0 bridgehead atoms. The maximum atomic E-state index is 12.9. The summed E-state index contributed by atoms with van der Waals surface area (Å²) in [6, 6.07) is 9.69. The topological polar surface area (TPSA) is 55.6 Å². The molecule has 2 aromatic rings. The lowest BCUT2D eigenvalue weighted by Gasteiger charge is -2.31. The van der Waals surface area contributed by atoms with Crippen LogP contribution in [0.4, 0.5) is 0 Å². The third-order valence-electron chi connectivity index (χ3n) is 4.23. The molecule has 1 aromatic carbocycles. The standard InChI is InChI=1S/C18H22N2O3S/c1-13-11-15(23-19-13)12-24-17-6-4-3-5-16(17)18(21)20-9-7-14(22-2)8-10-20/h3-6,11,14H,7-10,12H2,1-2H3. The molecule has 2 heterocycles. The largest absolute Gasteiger partial charge is 0.381 e. The Labute approximate surface area is 146 Å². The van der Waals surface area contributed by atoms with Crippen molar-refractivity contribution in [2.75, 3.05) is 20.2 Å². The average molecular weight is 346 g/mol. The van der Waals surface area contributed by atoms with Crippen molar-refractivity contribution in [1.29, 1.82) is 0 Å². The Kier molecular flexibility index (Phi) is 5.58. The quantitative estimate of drug-likeness (QED) is 0.775. The summed E-state index contributed by atoms with van der Waals surface area (Å²) >= 11 is 1.60. The zero-order valence-electron chi connectivity index (χ0n) is 14.0. The molecule has 0 aliphatic carbocycles. The second kappa shape index (κ2) is 7.85. The monoisotopic (exact) mass is 346 g/mol. The van der Waals surface area contributed by atoms with E-state index in [4.69, 9.17) is 9.26 Å². The highest BCUT2D eigenvalue weighted by molar-refractivity contribution is 7.98. The fourth-order valence-corrected chi connectivity index (χ4v) is 3.79. The summed E-state index contributed by atoms with van der Waals surface area (Å²) in [5.74, 6) is 1.58. The molecule has 0 saturated carbocycles. The molecule has 5 nitrogen and oxygen atoms in total. The van der Waals surface area contributed by atoms with Crippen molar-refractivity contribution in [2.45, 2.75) is 36.5 Å².